The number of rotatable bonds is 0. The van der Waals surface area contributed by atoms with E-state index in [1.807, 2.05) is 18.1 Å². The minimum atomic E-state index is 0.308. The fraction of sp³-hybridized carbons (Fsp3) is 0.333. The van der Waals surface area contributed by atoms with Crippen LogP contribution in [0.15, 0.2) is 24.0 Å². The number of nitrogens with zero attached hydrogens (tertiary/aromatic N) is 1. The van der Waals surface area contributed by atoms with Crippen molar-refractivity contribution in [3.05, 3.63) is 24.0 Å². The molecule has 0 bridgehead atoms. The van der Waals surface area contributed by atoms with Gasteiger partial charge in [0.15, 0.2) is 0 Å². The molecule has 3 heteroatoms. The van der Waals surface area contributed by atoms with Crippen molar-refractivity contribution >= 4 is 0 Å². The van der Waals surface area contributed by atoms with Crippen molar-refractivity contribution < 1.29 is 5.11 Å². The van der Waals surface area contributed by atoms with Gasteiger partial charge in [0, 0.05) is 19.4 Å². The first kappa shape index (κ1) is 6.01. The van der Waals surface area contributed by atoms with Gasteiger partial charge in [0.25, 0.3) is 0 Å². The number of allylic oxidation sites excluding steroid dienone is 1. The van der Waals surface area contributed by atoms with Crippen LogP contribution in [-0.2, 0) is 0 Å². The summed E-state index contributed by atoms with van der Waals surface area (Å²) in [7, 11) is 1.87. The van der Waals surface area contributed by atoms with Gasteiger partial charge in [0.2, 0.25) is 0 Å². The molecule has 9 heavy (non-hydrogen) atoms. The molecule has 0 fully saturated rings. The Hall–Kier alpha value is -1.12. The van der Waals surface area contributed by atoms with E-state index >= 15 is 0 Å². The second-order valence-corrected chi connectivity index (χ2v) is 2.00. The van der Waals surface area contributed by atoms with Crippen molar-refractivity contribution in [3.63, 3.8) is 0 Å². The Kier molecular flexibility index (Phi) is 1.34. The standard InChI is InChI=1S/C6H10N2O/c1-5(9)6-7-3-4-8(6)2/h3-4,7,9H,1-2H3. The van der Waals surface area contributed by atoms with Crippen LogP contribution in [0.5, 0.6) is 0 Å². The molecule has 0 aromatic carbocycles. The minimum Gasteiger partial charge on any atom is -0.509 e. The molecular weight excluding hydrogens is 116 g/mol. The van der Waals surface area contributed by atoms with Crippen LogP contribution in [0.25, 0.3) is 0 Å². The number of hydrogen-bond acceptors (Lipinski definition) is 3. The topological polar surface area (TPSA) is 35.5 Å². The zero-order chi connectivity index (χ0) is 6.85. The molecule has 0 saturated carbocycles. The summed E-state index contributed by atoms with van der Waals surface area (Å²) in [4.78, 5) is 1.81. The van der Waals surface area contributed by atoms with E-state index in [1.54, 1.807) is 13.1 Å². The molecule has 0 spiro atoms. The van der Waals surface area contributed by atoms with E-state index in [0.717, 1.165) is 5.82 Å². The third-order valence-electron chi connectivity index (χ3n) is 1.21. The summed E-state index contributed by atoms with van der Waals surface area (Å²) in [5, 5.41) is 11.8. The van der Waals surface area contributed by atoms with Gasteiger partial charge in [-0.15, -0.1) is 0 Å². The Morgan fingerprint density at radius 2 is 2.44 bits per heavy atom. The van der Waals surface area contributed by atoms with Gasteiger partial charge in [0.1, 0.15) is 11.6 Å². The smallest absolute Gasteiger partial charge is 0.148 e. The van der Waals surface area contributed by atoms with Gasteiger partial charge in [-0.05, 0) is 6.92 Å². The number of aliphatic hydroxyl groups is 1. The second kappa shape index (κ2) is 2.01. The van der Waals surface area contributed by atoms with Gasteiger partial charge in [-0.2, -0.15) is 0 Å². The van der Waals surface area contributed by atoms with Crippen LogP contribution < -0.4 is 5.32 Å². The highest BCUT2D eigenvalue weighted by molar-refractivity contribution is 5.13. The first-order chi connectivity index (χ1) is 4.22. The Morgan fingerprint density at radius 3 is 2.67 bits per heavy atom. The maximum atomic E-state index is 8.96. The Morgan fingerprint density at radius 1 is 1.78 bits per heavy atom. The summed E-state index contributed by atoms with van der Waals surface area (Å²) in [6, 6.07) is 0. The zero-order valence-electron chi connectivity index (χ0n) is 5.55. The summed E-state index contributed by atoms with van der Waals surface area (Å²) >= 11 is 0. The molecule has 0 amide bonds. The number of aliphatic hydroxyl groups excluding tert-OH is 1. The molecule has 1 aliphatic heterocycles. The Bertz CT molecular complexity index is 168. The van der Waals surface area contributed by atoms with Crippen molar-refractivity contribution in [3.8, 4) is 0 Å². The highest BCUT2D eigenvalue weighted by Gasteiger charge is 2.07. The predicted molar refractivity (Wildman–Crippen MR) is 35.4 cm³/mol. The molecule has 0 atom stereocenters. The highest BCUT2D eigenvalue weighted by Crippen LogP contribution is 2.07. The molecule has 1 rings (SSSR count). The molecule has 0 unspecified atom stereocenters. The lowest BCUT2D eigenvalue weighted by atomic mass is 10.5. The summed E-state index contributed by atoms with van der Waals surface area (Å²) in [5.74, 6) is 1.05. The van der Waals surface area contributed by atoms with Gasteiger partial charge in [-0.3, -0.25) is 0 Å². The second-order valence-electron chi connectivity index (χ2n) is 2.00. The van der Waals surface area contributed by atoms with Gasteiger partial charge in [0.05, 0.1) is 0 Å². The van der Waals surface area contributed by atoms with Crippen LogP contribution in [0, 0.1) is 0 Å². The van der Waals surface area contributed by atoms with E-state index in [0.29, 0.717) is 5.76 Å². The number of hydrogen-bond donors (Lipinski definition) is 2. The van der Waals surface area contributed by atoms with Crippen molar-refractivity contribution in [1.29, 1.82) is 0 Å². The molecule has 0 aromatic heterocycles. The summed E-state index contributed by atoms with van der Waals surface area (Å²) < 4.78 is 0. The molecule has 3 nitrogen and oxygen atoms in total. The van der Waals surface area contributed by atoms with Crippen molar-refractivity contribution in [1.82, 2.24) is 10.2 Å². The lowest BCUT2D eigenvalue weighted by Crippen LogP contribution is -2.15. The largest absolute Gasteiger partial charge is 0.509 e. The third-order valence-corrected chi connectivity index (χ3v) is 1.21. The molecular formula is C6H10N2O. The van der Waals surface area contributed by atoms with Crippen molar-refractivity contribution in [2.24, 2.45) is 0 Å². The maximum Gasteiger partial charge on any atom is 0.148 e. The minimum absolute atomic E-state index is 0.308. The van der Waals surface area contributed by atoms with Crippen LogP contribution in [0.4, 0.5) is 0 Å². The predicted octanol–water partition coefficient (Wildman–Crippen LogP) is 0.740. The van der Waals surface area contributed by atoms with E-state index in [-0.39, 0.29) is 0 Å². The first-order valence-corrected chi connectivity index (χ1v) is 2.77. The van der Waals surface area contributed by atoms with E-state index < -0.39 is 0 Å². The summed E-state index contributed by atoms with van der Waals surface area (Å²) in [5.41, 5.74) is 0. The maximum absolute atomic E-state index is 8.96. The lowest BCUT2D eigenvalue weighted by molar-refractivity contribution is 0.378. The van der Waals surface area contributed by atoms with Gasteiger partial charge in [-0.1, -0.05) is 0 Å². The van der Waals surface area contributed by atoms with Crippen molar-refractivity contribution in [2.75, 3.05) is 7.05 Å². The molecule has 1 heterocycles. The molecule has 0 saturated heterocycles. The normalized spacial score (nSPS) is 22.2. The average Bonchev–Trinajstić information content (AvgIpc) is 2.13. The van der Waals surface area contributed by atoms with Gasteiger partial charge >= 0.3 is 0 Å². The zero-order valence-corrected chi connectivity index (χ0v) is 5.55. The molecule has 0 radical (unpaired) electrons. The first-order valence-electron chi connectivity index (χ1n) is 2.77. The van der Waals surface area contributed by atoms with Crippen LogP contribution in [-0.4, -0.2) is 17.1 Å². The van der Waals surface area contributed by atoms with Crippen molar-refractivity contribution in [2.45, 2.75) is 6.92 Å². The lowest BCUT2D eigenvalue weighted by Gasteiger charge is -2.10. The molecule has 2 N–H and O–H groups in total. The van der Waals surface area contributed by atoms with E-state index in [2.05, 4.69) is 5.32 Å². The van der Waals surface area contributed by atoms with Gasteiger partial charge in [-0.25, -0.2) is 0 Å². The summed E-state index contributed by atoms with van der Waals surface area (Å²) in [6.07, 6.45) is 3.62. The van der Waals surface area contributed by atoms with E-state index in [4.69, 9.17) is 5.11 Å². The quantitative estimate of drug-likeness (QED) is 0.470. The van der Waals surface area contributed by atoms with Gasteiger partial charge < -0.3 is 15.3 Å². The van der Waals surface area contributed by atoms with Crippen LogP contribution in [0.3, 0.4) is 0 Å². The average molecular weight is 126 g/mol. The SMILES string of the molecule is CC(O)=C1NC=CN1C. The van der Waals surface area contributed by atoms with E-state index in [9.17, 15) is 0 Å². The monoisotopic (exact) mass is 126 g/mol. The van der Waals surface area contributed by atoms with Crippen LogP contribution in [0.2, 0.25) is 0 Å². The van der Waals surface area contributed by atoms with Crippen LogP contribution in [0.1, 0.15) is 6.92 Å². The molecule has 50 valence electrons. The molecule has 0 aromatic rings. The summed E-state index contributed by atoms with van der Waals surface area (Å²) in [6.45, 7) is 1.64. The Labute approximate surface area is 54.3 Å². The highest BCUT2D eigenvalue weighted by atomic mass is 16.3. The fourth-order valence-electron chi connectivity index (χ4n) is 0.764. The number of nitrogens with one attached hydrogen (secondary N) is 1. The molecule has 0 aliphatic carbocycles. The molecule has 1 aliphatic rings. The third kappa shape index (κ3) is 0.988. The van der Waals surface area contributed by atoms with E-state index in [1.165, 1.54) is 0 Å². The van der Waals surface area contributed by atoms with Crippen LogP contribution >= 0.6 is 0 Å². The Balaban J connectivity index is 2.77. The fourth-order valence-corrected chi connectivity index (χ4v) is 0.764.